The van der Waals surface area contributed by atoms with Crippen molar-refractivity contribution in [3.05, 3.63) is 0 Å². The van der Waals surface area contributed by atoms with Gasteiger partial charge in [-0.2, -0.15) is 0 Å². The number of esters is 12. The minimum Gasteiger partial charge on any atom is -0.418 e. The Balaban J connectivity index is 2.78. The molecule has 2 rings (SSSR count). The van der Waals surface area contributed by atoms with Crippen molar-refractivity contribution < 1.29 is 114 Å². The second kappa shape index (κ2) is 68.8. The topological polar surface area (TPSA) is 316 Å². The molecular weight excluding hydrogens is 1510 g/mol. The minimum absolute atomic E-state index is 0.115. The van der Waals surface area contributed by atoms with Crippen molar-refractivity contribution in [2.45, 2.75) is 454 Å². The van der Waals surface area contributed by atoms with Gasteiger partial charge in [-0.3, -0.25) is 57.5 Å². The molecule has 0 unspecified atom stereocenters. The van der Waals surface area contributed by atoms with Crippen LogP contribution in [0.15, 0.2) is 0 Å². The van der Waals surface area contributed by atoms with Gasteiger partial charge in [0.1, 0.15) is 0 Å². The van der Waals surface area contributed by atoms with E-state index in [9.17, 15) is 57.5 Å². The van der Waals surface area contributed by atoms with Gasteiger partial charge < -0.3 is 56.8 Å². The molecule has 0 aromatic heterocycles. The van der Waals surface area contributed by atoms with Gasteiger partial charge in [0, 0.05) is 77.0 Å². The molecule has 0 aliphatic heterocycles. The first-order chi connectivity index (χ1) is 57.2. The maximum atomic E-state index is 14.5. The zero-order valence-electron chi connectivity index (χ0n) is 74.2. The van der Waals surface area contributed by atoms with Gasteiger partial charge >= 0.3 is 71.6 Å². The van der Waals surface area contributed by atoms with Crippen LogP contribution < -0.4 is 56.8 Å². The van der Waals surface area contributed by atoms with Crippen LogP contribution in [0.3, 0.4) is 0 Å². The largest absolute Gasteiger partial charge is 0.418 e. The van der Waals surface area contributed by atoms with Crippen molar-refractivity contribution in [1.29, 1.82) is 0 Å². The summed E-state index contributed by atoms with van der Waals surface area (Å²) in [6, 6.07) is 0. The van der Waals surface area contributed by atoms with Gasteiger partial charge in [-0.25, -0.2) is 0 Å². The Kier molecular flexibility index (Phi) is 61.9. The van der Waals surface area contributed by atoms with Gasteiger partial charge in [-0.05, 0) is 77.0 Å². The Morgan fingerprint density at radius 1 is 0.119 bits per heavy atom. The third-order valence-corrected chi connectivity index (χ3v) is 19.9. The van der Waals surface area contributed by atoms with E-state index in [2.05, 4.69) is 0 Å². The number of carbonyl (C=O) groups is 12. The zero-order chi connectivity index (χ0) is 86.8. The van der Waals surface area contributed by atoms with Crippen molar-refractivity contribution in [2.75, 3.05) is 0 Å². The minimum atomic E-state index is -0.875. The predicted molar refractivity (Wildman–Crippen MR) is 454 cm³/mol. The molecule has 2 aromatic rings. The Bertz CT molecular complexity index is 2890. The van der Waals surface area contributed by atoms with E-state index in [1.165, 1.54) is 0 Å². The lowest BCUT2D eigenvalue weighted by molar-refractivity contribution is -0.140. The number of benzene rings is 2. The molecule has 0 saturated heterocycles. The fourth-order valence-electron chi connectivity index (χ4n) is 12.9. The van der Waals surface area contributed by atoms with Crippen LogP contribution in [0.5, 0.6) is 69.0 Å². The number of ether oxygens (including phenoxy) is 12. The fourth-order valence-corrected chi connectivity index (χ4v) is 12.9. The molecule has 0 radical (unpaired) electrons. The molecule has 24 heteroatoms. The monoisotopic (exact) mass is 1660 g/mol. The highest BCUT2D eigenvalue weighted by atomic mass is 16.7. The molecule has 0 aliphatic rings. The van der Waals surface area contributed by atoms with Crippen molar-refractivity contribution in [3.63, 3.8) is 0 Å². The second-order valence-electron chi connectivity index (χ2n) is 31.1. The Morgan fingerprint density at radius 3 is 0.263 bits per heavy atom. The summed E-state index contributed by atoms with van der Waals surface area (Å²) in [5.41, 5.74) is 0. The number of hydrogen-bond acceptors (Lipinski definition) is 24. The normalized spacial score (nSPS) is 11.0. The smallest absolute Gasteiger partial charge is 0.311 e. The van der Waals surface area contributed by atoms with E-state index in [1.54, 1.807) is 0 Å². The standard InChI is InChI=1S/C94H150O24/c1-11-21-31-47-59-71(95)107-83-85(109-73(97)61-49-33-23-13-3)89(113-77(101)65-53-37-27-17-7)93(90(114-78(102)66-54-38-28-18-8)86(83)110-74(98)62-50-34-24-14-4)117-81(105)69-57-45-43-41-42-44-46-58-70-82(106)118-94-91(115-79(103)67-55-39-29-19-9)87(111-75(99)63-51-35-25-15-5)84(108-72(96)60-48-32-22-12-2)88(112-76(100)64-52-36-26-16-6)92(94)116-80(104)68-56-40-30-20-10/h11-70H2,1-10H3. The summed E-state index contributed by atoms with van der Waals surface area (Å²) in [5, 5.41) is 0. The summed E-state index contributed by atoms with van der Waals surface area (Å²) in [7, 11) is 0. The Labute approximate surface area is 706 Å². The molecule has 0 heterocycles. The lowest BCUT2D eigenvalue weighted by atomic mass is 10.1. The third-order valence-electron chi connectivity index (χ3n) is 19.9. The van der Waals surface area contributed by atoms with Crippen molar-refractivity contribution in [3.8, 4) is 69.0 Å². The van der Waals surface area contributed by atoms with Crippen LogP contribution in [0.25, 0.3) is 0 Å². The van der Waals surface area contributed by atoms with Gasteiger partial charge in [0.25, 0.3) is 0 Å². The highest BCUT2D eigenvalue weighted by Gasteiger charge is 2.41. The first kappa shape index (κ1) is 106. The van der Waals surface area contributed by atoms with E-state index in [-0.39, 0.29) is 89.9 Å². The summed E-state index contributed by atoms with van der Waals surface area (Å²) in [6.07, 6.45) is 30.5. The highest BCUT2D eigenvalue weighted by molar-refractivity contribution is 5.93. The maximum Gasteiger partial charge on any atom is 0.311 e. The van der Waals surface area contributed by atoms with Crippen LogP contribution >= 0.6 is 0 Å². The molecule has 0 spiro atoms. The molecule has 2 aromatic carbocycles. The highest BCUT2D eigenvalue weighted by Crippen LogP contribution is 2.61. The van der Waals surface area contributed by atoms with Crippen molar-refractivity contribution in [2.24, 2.45) is 0 Å². The van der Waals surface area contributed by atoms with E-state index in [0.29, 0.717) is 167 Å². The molecule has 118 heavy (non-hydrogen) atoms. The molecule has 670 valence electrons. The lowest BCUT2D eigenvalue weighted by Gasteiger charge is -2.23. The Morgan fingerprint density at radius 2 is 0.186 bits per heavy atom. The van der Waals surface area contributed by atoms with Crippen LogP contribution in [-0.2, 0) is 57.5 Å². The first-order valence-corrected chi connectivity index (χ1v) is 46.2. The summed E-state index contributed by atoms with van der Waals surface area (Å²) in [5.74, 6) is -18.0. The fraction of sp³-hybridized carbons (Fsp3) is 0.745. The summed E-state index contributed by atoms with van der Waals surface area (Å²) in [4.78, 5) is 170. The van der Waals surface area contributed by atoms with Gasteiger partial charge in [-0.1, -0.05) is 300 Å². The van der Waals surface area contributed by atoms with Crippen LogP contribution in [-0.4, -0.2) is 71.6 Å². The van der Waals surface area contributed by atoms with Crippen molar-refractivity contribution >= 4 is 71.6 Å². The number of rotatable bonds is 73. The van der Waals surface area contributed by atoms with Gasteiger partial charge in [0.05, 0.1) is 0 Å². The molecule has 0 saturated carbocycles. The third kappa shape index (κ3) is 47.8. The van der Waals surface area contributed by atoms with Gasteiger partial charge in [0.15, 0.2) is 0 Å². The average molecular weight is 1660 g/mol. The van der Waals surface area contributed by atoms with E-state index in [1.807, 2.05) is 69.2 Å². The molecule has 0 N–H and O–H groups in total. The van der Waals surface area contributed by atoms with E-state index in [0.717, 1.165) is 128 Å². The Hall–Kier alpha value is -7.92. The molecule has 0 bridgehead atoms. The summed E-state index contributed by atoms with van der Waals surface area (Å²) < 4.78 is 73.2. The first-order valence-electron chi connectivity index (χ1n) is 46.2. The van der Waals surface area contributed by atoms with Gasteiger partial charge in [0.2, 0.25) is 69.0 Å². The molecule has 0 amide bonds. The number of carbonyl (C=O) groups excluding carboxylic acids is 12. The lowest BCUT2D eigenvalue weighted by Crippen LogP contribution is -2.20. The number of hydrogen-bond donors (Lipinski definition) is 0. The number of unbranched alkanes of at least 4 members (excludes halogenated alkanes) is 37. The summed E-state index contributed by atoms with van der Waals surface area (Å²) >= 11 is 0. The second-order valence-corrected chi connectivity index (χ2v) is 31.1. The van der Waals surface area contributed by atoms with Crippen LogP contribution in [0.2, 0.25) is 0 Å². The molecule has 24 nitrogen and oxygen atoms in total. The average Bonchev–Trinajstić information content (AvgIpc) is 0.763. The van der Waals surface area contributed by atoms with E-state index < -0.39 is 141 Å². The van der Waals surface area contributed by atoms with Crippen molar-refractivity contribution in [1.82, 2.24) is 0 Å². The molecule has 0 atom stereocenters. The summed E-state index contributed by atoms with van der Waals surface area (Å²) in [6.45, 7) is 20.2. The molecular formula is C94H150O24. The van der Waals surface area contributed by atoms with Gasteiger partial charge in [-0.15, -0.1) is 0 Å². The van der Waals surface area contributed by atoms with E-state index in [4.69, 9.17) is 56.8 Å². The predicted octanol–water partition coefficient (Wildman–Crippen LogP) is 24.9. The quantitative estimate of drug-likeness (QED) is 0.0337. The molecule has 0 fully saturated rings. The maximum absolute atomic E-state index is 14.5. The van der Waals surface area contributed by atoms with Crippen LogP contribution in [0, 0.1) is 0 Å². The SMILES string of the molecule is CCCCCCC(=O)Oc1c(OC(=O)CCCCCC)c(OC(=O)CCCCCC)c(OC(=O)CCCCCCCCCCC(=O)Oc2c(OC(=O)CCCCCC)c(OC(=O)CCCCCC)c(OC(=O)CCCCCC)c(OC(=O)CCCCCC)c2OC(=O)CCCCCC)c(OC(=O)CCCCCC)c1OC(=O)CCCCCC. The van der Waals surface area contributed by atoms with Crippen LogP contribution in [0.1, 0.15) is 454 Å². The van der Waals surface area contributed by atoms with E-state index >= 15 is 0 Å². The van der Waals surface area contributed by atoms with Crippen LogP contribution in [0.4, 0.5) is 0 Å². The molecule has 0 aliphatic carbocycles. The zero-order valence-corrected chi connectivity index (χ0v) is 74.2.